The summed E-state index contributed by atoms with van der Waals surface area (Å²) in [5.41, 5.74) is 2.09. The highest BCUT2D eigenvalue weighted by molar-refractivity contribution is 9.10. The van der Waals surface area contributed by atoms with E-state index < -0.39 is 0 Å². The third-order valence-corrected chi connectivity index (χ3v) is 3.22. The van der Waals surface area contributed by atoms with E-state index in [1.807, 2.05) is 14.0 Å². The molecule has 1 heterocycles. The van der Waals surface area contributed by atoms with Gasteiger partial charge in [0.05, 0.1) is 5.69 Å². The van der Waals surface area contributed by atoms with Crippen molar-refractivity contribution in [1.29, 1.82) is 0 Å². The highest BCUT2D eigenvalue weighted by Crippen LogP contribution is 2.27. The Morgan fingerprint density at radius 2 is 2.22 bits per heavy atom. The summed E-state index contributed by atoms with van der Waals surface area (Å²) in [5, 5.41) is 3.06. The number of likely N-dealkylation sites (N-methyl/N-ethyl adjacent to an activating group) is 1. The van der Waals surface area contributed by atoms with Gasteiger partial charge < -0.3 is 10.3 Å². The van der Waals surface area contributed by atoms with Crippen LogP contribution >= 0.6 is 15.9 Å². The Morgan fingerprint density at radius 1 is 1.44 bits per heavy atom. The van der Waals surface area contributed by atoms with Gasteiger partial charge >= 0.3 is 0 Å². The largest absolute Gasteiger partial charge is 0.346 e. The van der Waals surface area contributed by atoms with Crippen LogP contribution in [0, 0.1) is 12.7 Å². The van der Waals surface area contributed by atoms with Crippen molar-refractivity contribution in [2.75, 3.05) is 13.6 Å². The molecule has 5 heteroatoms. The first kappa shape index (κ1) is 13.2. The molecule has 1 aromatic carbocycles. The predicted molar refractivity (Wildman–Crippen MR) is 74.0 cm³/mol. The zero-order chi connectivity index (χ0) is 13.1. The second-order valence-electron chi connectivity index (χ2n) is 4.13. The Kier molecular flexibility index (Phi) is 4.14. The SMILES string of the molecule is CNCCc1nc(-c2cc(Br)ccc2F)c(C)[nH]1. The number of nitrogens with zero attached hydrogens (tertiary/aromatic N) is 1. The van der Waals surface area contributed by atoms with Gasteiger partial charge in [0.25, 0.3) is 0 Å². The van der Waals surface area contributed by atoms with Crippen LogP contribution in [0.3, 0.4) is 0 Å². The zero-order valence-corrected chi connectivity index (χ0v) is 11.9. The van der Waals surface area contributed by atoms with Crippen LogP contribution in [0.25, 0.3) is 11.3 Å². The molecule has 0 spiro atoms. The summed E-state index contributed by atoms with van der Waals surface area (Å²) in [4.78, 5) is 7.65. The molecule has 3 nitrogen and oxygen atoms in total. The molecule has 0 radical (unpaired) electrons. The standard InChI is InChI=1S/C13H15BrFN3/c1-8-13(18-12(17-8)5-6-16-2)10-7-9(14)3-4-11(10)15/h3-4,7,16H,5-6H2,1-2H3,(H,17,18). The predicted octanol–water partition coefficient (Wildman–Crippen LogP) is 3.05. The van der Waals surface area contributed by atoms with E-state index in [1.165, 1.54) is 6.07 Å². The minimum absolute atomic E-state index is 0.257. The molecule has 0 aliphatic heterocycles. The monoisotopic (exact) mass is 311 g/mol. The van der Waals surface area contributed by atoms with Gasteiger partial charge in [-0.05, 0) is 32.2 Å². The van der Waals surface area contributed by atoms with Crippen LogP contribution in [0.2, 0.25) is 0 Å². The van der Waals surface area contributed by atoms with Gasteiger partial charge in [0.1, 0.15) is 11.6 Å². The maximum atomic E-state index is 13.8. The Morgan fingerprint density at radius 3 is 2.94 bits per heavy atom. The number of halogens is 2. The molecule has 0 atom stereocenters. The minimum Gasteiger partial charge on any atom is -0.346 e. The number of H-pyrrole nitrogens is 1. The number of imidazole rings is 1. The molecule has 0 amide bonds. The molecule has 0 bridgehead atoms. The van der Waals surface area contributed by atoms with Gasteiger partial charge in [0, 0.05) is 28.7 Å². The third kappa shape index (κ3) is 2.79. The number of aromatic nitrogens is 2. The molecule has 0 aliphatic rings. The second kappa shape index (κ2) is 5.63. The number of hydrogen-bond acceptors (Lipinski definition) is 2. The van der Waals surface area contributed by atoms with Crippen LogP contribution in [-0.4, -0.2) is 23.6 Å². The molecule has 96 valence electrons. The van der Waals surface area contributed by atoms with Gasteiger partial charge in [-0.1, -0.05) is 15.9 Å². The zero-order valence-electron chi connectivity index (χ0n) is 10.3. The minimum atomic E-state index is -0.257. The van der Waals surface area contributed by atoms with Crippen molar-refractivity contribution in [2.45, 2.75) is 13.3 Å². The third-order valence-electron chi connectivity index (χ3n) is 2.73. The maximum absolute atomic E-state index is 13.8. The van der Waals surface area contributed by atoms with E-state index in [4.69, 9.17) is 0 Å². The Balaban J connectivity index is 2.38. The number of aryl methyl sites for hydroxylation is 1. The van der Waals surface area contributed by atoms with Crippen LogP contribution in [0.5, 0.6) is 0 Å². The normalized spacial score (nSPS) is 10.9. The second-order valence-corrected chi connectivity index (χ2v) is 5.05. The number of rotatable bonds is 4. The molecule has 0 saturated heterocycles. The molecule has 2 rings (SSSR count). The van der Waals surface area contributed by atoms with Crippen LogP contribution in [0.15, 0.2) is 22.7 Å². The summed E-state index contributed by atoms with van der Waals surface area (Å²) in [5.74, 6) is 0.615. The van der Waals surface area contributed by atoms with E-state index in [9.17, 15) is 4.39 Å². The van der Waals surface area contributed by atoms with E-state index in [1.54, 1.807) is 12.1 Å². The lowest BCUT2D eigenvalue weighted by Crippen LogP contribution is -2.11. The van der Waals surface area contributed by atoms with Crippen molar-refractivity contribution in [3.8, 4) is 11.3 Å². The summed E-state index contributed by atoms with van der Waals surface area (Å²) >= 11 is 3.35. The van der Waals surface area contributed by atoms with E-state index in [0.717, 1.165) is 29.0 Å². The lowest BCUT2D eigenvalue weighted by Gasteiger charge is -2.01. The van der Waals surface area contributed by atoms with Crippen LogP contribution in [-0.2, 0) is 6.42 Å². The Hall–Kier alpha value is -1.20. The molecule has 2 aromatic rings. The first-order valence-corrected chi connectivity index (χ1v) is 6.56. The smallest absolute Gasteiger partial charge is 0.132 e. The summed E-state index contributed by atoms with van der Waals surface area (Å²) in [6.45, 7) is 2.75. The molecule has 2 N–H and O–H groups in total. The molecular weight excluding hydrogens is 297 g/mol. The van der Waals surface area contributed by atoms with Gasteiger partial charge in [-0.25, -0.2) is 9.37 Å². The number of nitrogens with one attached hydrogen (secondary N) is 2. The average Bonchev–Trinajstić information content (AvgIpc) is 2.71. The van der Waals surface area contributed by atoms with Gasteiger partial charge in [0.15, 0.2) is 0 Å². The number of hydrogen-bond donors (Lipinski definition) is 2. The lowest BCUT2D eigenvalue weighted by molar-refractivity contribution is 0.630. The summed E-state index contributed by atoms with van der Waals surface area (Å²) in [6.07, 6.45) is 0.799. The van der Waals surface area contributed by atoms with Crippen LogP contribution < -0.4 is 5.32 Å². The van der Waals surface area contributed by atoms with E-state index in [0.29, 0.717) is 11.3 Å². The molecule has 0 fully saturated rings. The fraction of sp³-hybridized carbons (Fsp3) is 0.308. The number of aromatic amines is 1. The van der Waals surface area contributed by atoms with Crippen LogP contribution in [0.1, 0.15) is 11.5 Å². The van der Waals surface area contributed by atoms with E-state index in [2.05, 4.69) is 31.2 Å². The van der Waals surface area contributed by atoms with Crippen molar-refractivity contribution in [1.82, 2.24) is 15.3 Å². The van der Waals surface area contributed by atoms with Crippen molar-refractivity contribution in [2.24, 2.45) is 0 Å². The highest BCUT2D eigenvalue weighted by atomic mass is 79.9. The molecule has 0 saturated carbocycles. The summed E-state index contributed by atoms with van der Waals surface area (Å²) in [7, 11) is 1.89. The van der Waals surface area contributed by atoms with E-state index >= 15 is 0 Å². The lowest BCUT2D eigenvalue weighted by atomic mass is 10.1. The first-order valence-electron chi connectivity index (χ1n) is 5.77. The van der Waals surface area contributed by atoms with Crippen molar-refractivity contribution in [3.63, 3.8) is 0 Å². The molecule has 1 aromatic heterocycles. The van der Waals surface area contributed by atoms with Crippen molar-refractivity contribution in [3.05, 3.63) is 40.0 Å². The average molecular weight is 312 g/mol. The van der Waals surface area contributed by atoms with Gasteiger partial charge in [-0.2, -0.15) is 0 Å². The van der Waals surface area contributed by atoms with Gasteiger partial charge in [0.2, 0.25) is 0 Å². The first-order chi connectivity index (χ1) is 8.61. The summed E-state index contributed by atoms with van der Waals surface area (Å²) in [6, 6.07) is 4.88. The highest BCUT2D eigenvalue weighted by Gasteiger charge is 2.13. The Labute approximate surface area is 114 Å². The van der Waals surface area contributed by atoms with Crippen molar-refractivity contribution >= 4 is 15.9 Å². The van der Waals surface area contributed by atoms with Gasteiger partial charge in [-0.15, -0.1) is 0 Å². The molecule has 0 aliphatic carbocycles. The summed E-state index contributed by atoms with van der Waals surface area (Å²) < 4.78 is 14.7. The fourth-order valence-corrected chi connectivity index (χ4v) is 2.19. The van der Waals surface area contributed by atoms with E-state index in [-0.39, 0.29) is 5.82 Å². The van der Waals surface area contributed by atoms with Crippen molar-refractivity contribution < 1.29 is 4.39 Å². The number of benzene rings is 1. The molecular formula is C13H15BrFN3. The fourth-order valence-electron chi connectivity index (χ4n) is 1.83. The molecule has 0 unspecified atom stereocenters. The quantitative estimate of drug-likeness (QED) is 0.911. The maximum Gasteiger partial charge on any atom is 0.132 e. The Bertz CT molecular complexity index is 551. The van der Waals surface area contributed by atoms with Crippen LogP contribution in [0.4, 0.5) is 4.39 Å². The topological polar surface area (TPSA) is 40.7 Å². The van der Waals surface area contributed by atoms with Gasteiger partial charge in [-0.3, -0.25) is 0 Å². The molecule has 18 heavy (non-hydrogen) atoms.